The minimum absolute atomic E-state index is 0.113. The van der Waals surface area contributed by atoms with Crippen molar-refractivity contribution < 1.29 is 9.59 Å². The van der Waals surface area contributed by atoms with E-state index in [-0.39, 0.29) is 24.3 Å². The monoisotopic (exact) mass is 468 g/mol. The Bertz CT molecular complexity index is 1120. The zero-order valence-electron chi connectivity index (χ0n) is 17.6. The van der Waals surface area contributed by atoms with Gasteiger partial charge < -0.3 is 11.1 Å². The molecule has 0 radical (unpaired) electrons. The molecule has 0 bridgehead atoms. The summed E-state index contributed by atoms with van der Waals surface area (Å²) in [6.07, 6.45) is 2.68. The summed E-state index contributed by atoms with van der Waals surface area (Å²) in [4.78, 5) is 30.9. The Morgan fingerprint density at radius 3 is 2.81 bits per heavy atom. The Labute approximate surface area is 196 Å². The number of nitrogens with zero attached hydrogens (tertiary/aromatic N) is 2. The molecule has 1 aromatic heterocycles. The average Bonchev–Trinajstić information content (AvgIpc) is 3.38. The number of nitrogens with one attached hydrogen (secondary N) is 1. The number of benzene rings is 2. The fourth-order valence-corrected chi connectivity index (χ4v) is 5.06. The molecule has 2 aromatic carbocycles. The number of carbonyl (C=O) groups is 2. The van der Waals surface area contributed by atoms with Gasteiger partial charge in [0.05, 0.1) is 23.2 Å². The molecule has 3 aromatic rings. The lowest BCUT2D eigenvalue weighted by atomic mass is 10.1. The third-order valence-electron chi connectivity index (χ3n) is 5.47. The molecule has 1 aliphatic rings. The maximum absolute atomic E-state index is 12.6. The van der Waals surface area contributed by atoms with Crippen LogP contribution in [0.4, 0.5) is 5.69 Å². The first-order chi connectivity index (χ1) is 15.5. The maximum atomic E-state index is 12.6. The van der Waals surface area contributed by atoms with E-state index in [0.717, 1.165) is 46.9 Å². The van der Waals surface area contributed by atoms with Gasteiger partial charge in [-0.1, -0.05) is 35.9 Å². The Hall–Kier alpha value is -2.74. The highest BCUT2D eigenvalue weighted by Gasteiger charge is 2.28. The molecule has 0 spiro atoms. The molecule has 2 amide bonds. The van der Waals surface area contributed by atoms with Crippen LogP contribution in [0, 0.1) is 0 Å². The molecule has 0 saturated carbocycles. The number of thiazole rings is 1. The molecule has 0 aliphatic carbocycles. The summed E-state index contributed by atoms with van der Waals surface area (Å²) in [5.74, 6) is -0.386. The highest BCUT2D eigenvalue weighted by Crippen LogP contribution is 2.22. The molecule has 32 heavy (non-hydrogen) atoms. The van der Waals surface area contributed by atoms with Crippen molar-refractivity contribution in [2.75, 3.05) is 11.9 Å². The van der Waals surface area contributed by atoms with Crippen molar-refractivity contribution in [3.05, 3.63) is 80.8 Å². The van der Waals surface area contributed by atoms with Gasteiger partial charge in [-0.05, 0) is 54.8 Å². The highest BCUT2D eigenvalue weighted by atomic mass is 35.5. The number of hydrogen-bond donors (Lipinski definition) is 2. The largest absolute Gasteiger partial charge is 0.368 e. The molecular formula is C24H25ClN4O2S. The van der Waals surface area contributed by atoms with Crippen LogP contribution in [-0.2, 0) is 29.0 Å². The number of halogens is 1. The van der Waals surface area contributed by atoms with Crippen molar-refractivity contribution in [2.24, 2.45) is 5.73 Å². The number of hydrogen-bond acceptors (Lipinski definition) is 5. The second-order valence-electron chi connectivity index (χ2n) is 8.00. The van der Waals surface area contributed by atoms with Crippen LogP contribution in [0.5, 0.6) is 0 Å². The van der Waals surface area contributed by atoms with E-state index in [4.69, 9.17) is 17.3 Å². The minimum Gasteiger partial charge on any atom is -0.368 e. The lowest BCUT2D eigenvalue weighted by Gasteiger charge is -2.22. The van der Waals surface area contributed by atoms with Gasteiger partial charge in [0.15, 0.2) is 0 Å². The van der Waals surface area contributed by atoms with Gasteiger partial charge in [0.2, 0.25) is 11.8 Å². The highest BCUT2D eigenvalue weighted by molar-refractivity contribution is 7.09. The molecule has 1 aliphatic heterocycles. The normalized spacial score (nSPS) is 16.2. The topological polar surface area (TPSA) is 88.3 Å². The smallest absolute Gasteiger partial charge is 0.234 e. The van der Waals surface area contributed by atoms with Gasteiger partial charge in [0.1, 0.15) is 0 Å². The summed E-state index contributed by atoms with van der Waals surface area (Å²) in [7, 11) is 0. The molecule has 1 unspecified atom stereocenters. The Morgan fingerprint density at radius 1 is 1.19 bits per heavy atom. The number of carbonyl (C=O) groups excluding carboxylic acids is 2. The number of rotatable bonds is 8. The van der Waals surface area contributed by atoms with Crippen molar-refractivity contribution in [2.45, 2.75) is 38.3 Å². The zero-order chi connectivity index (χ0) is 22.5. The van der Waals surface area contributed by atoms with Crippen molar-refractivity contribution in [3.63, 3.8) is 0 Å². The SMILES string of the molecule is NC(=O)C1CCCN1Cc1cccc(NC(=O)Cc2csc(Cc3cccc(Cl)c3)n2)c1. The number of anilines is 1. The van der Waals surface area contributed by atoms with Crippen LogP contribution < -0.4 is 11.1 Å². The molecule has 166 valence electrons. The summed E-state index contributed by atoms with van der Waals surface area (Å²) in [5, 5.41) is 6.53. The molecule has 6 nitrogen and oxygen atoms in total. The van der Waals surface area contributed by atoms with E-state index in [1.54, 1.807) is 11.3 Å². The number of nitrogens with two attached hydrogens (primary N) is 1. The predicted molar refractivity (Wildman–Crippen MR) is 128 cm³/mol. The van der Waals surface area contributed by atoms with E-state index < -0.39 is 0 Å². The van der Waals surface area contributed by atoms with Crippen LogP contribution in [0.25, 0.3) is 0 Å². The molecule has 8 heteroatoms. The molecule has 4 rings (SSSR count). The lowest BCUT2D eigenvalue weighted by Crippen LogP contribution is -2.39. The van der Waals surface area contributed by atoms with Gasteiger partial charge in [0, 0.05) is 29.1 Å². The van der Waals surface area contributed by atoms with Crippen molar-refractivity contribution in [3.8, 4) is 0 Å². The molecule has 2 heterocycles. The van der Waals surface area contributed by atoms with Gasteiger partial charge in [-0.3, -0.25) is 14.5 Å². The molecule has 1 saturated heterocycles. The van der Waals surface area contributed by atoms with Gasteiger partial charge in [0.25, 0.3) is 0 Å². The standard InChI is InChI=1S/C24H25ClN4O2S/c25-18-6-1-4-16(10-18)12-23-28-20(15-32-23)13-22(30)27-19-7-2-5-17(11-19)14-29-9-3-8-21(29)24(26)31/h1-2,4-7,10-11,15,21H,3,8-9,12-14H2,(H2,26,31)(H,27,30). The lowest BCUT2D eigenvalue weighted by molar-refractivity contribution is -0.122. The number of likely N-dealkylation sites (tertiary alicyclic amines) is 1. The first-order valence-corrected chi connectivity index (χ1v) is 11.8. The molecule has 1 atom stereocenters. The average molecular weight is 469 g/mol. The summed E-state index contributed by atoms with van der Waals surface area (Å²) in [6, 6.07) is 15.2. The molecule has 1 fully saturated rings. The summed E-state index contributed by atoms with van der Waals surface area (Å²) in [5.41, 5.74) is 9.13. The van der Waals surface area contributed by atoms with Gasteiger partial charge >= 0.3 is 0 Å². The van der Waals surface area contributed by atoms with Crippen molar-refractivity contribution in [1.29, 1.82) is 0 Å². The zero-order valence-corrected chi connectivity index (χ0v) is 19.2. The van der Waals surface area contributed by atoms with E-state index in [1.807, 2.05) is 53.9 Å². The van der Waals surface area contributed by atoms with E-state index in [9.17, 15) is 9.59 Å². The Balaban J connectivity index is 1.33. The quantitative estimate of drug-likeness (QED) is 0.522. The predicted octanol–water partition coefficient (Wildman–Crippen LogP) is 4.02. The molecule has 3 N–H and O–H groups in total. The first kappa shape index (κ1) is 22.5. The summed E-state index contributed by atoms with van der Waals surface area (Å²) >= 11 is 7.59. The maximum Gasteiger partial charge on any atom is 0.234 e. The number of primary amides is 1. The fraction of sp³-hybridized carbons (Fsp3) is 0.292. The Kier molecular flexibility index (Phi) is 7.19. The molecular weight excluding hydrogens is 444 g/mol. The van der Waals surface area contributed by atoms with E-state index >= 15 is 0 Å². The van der Waals surface area contributed by atoms with Gasteiger partial charge in [-0.15, -0.1) is 11.3 Å². The van der Waals surface area contributed by atoms with Crippen molar-refractivity contribution >= 4 is 40.4 Å². The third kappa shape index (κ3) is 5.94. The number of amides is 2. The minimum atomic E-state index is -0.273. The summed E-state index contributed by atoms with van der Waals surface area (Å²) in [6.45, 7) is 1.49. The van der Waals surface area contributed by atoms with E-state index in [1.165, 1.54) is 0 Å². The van der Waals surface area contributed by atoms with Crippen LogP contribution >= 0.6 is 22.9 Å². The van der Waals surface area contributed by atoms with Crippen molar-refractivity contribution in [1.82, 2.24) is 9.88 Å². The van der Waals surface area contributed by atoms with Crippen LogP contribution in [-0.4, -0.2) is 34.3 Å². The second-order valence-corrected chi connectivity index (χ2v) is 9.37. The van der Waals surface area contributed by atoms with Crippen LogP contribution in [0.3, 0.4) is 0 Å². The second kappa shape index (κ2) is 10.3. The van der Waals surface area contributed by atoms with E-state index in [0.29, 0.717) is 18.0 Å². The number of aromatic nitrogens is 1. The summed E-state index contributed by atoms with van der Waals surface area (Å²) < 4.78 is 0. The fourth-order valence-electron chi connectivity index (χ4n) is 4.02. The van der Waals surface area contributed by atoms with Gasteiger partial charge in [-0.2, -0.15) is 0 Å². The Morgan fingerprint density at radius 2 is 2.00 bits per heavy atom. The first-order valence-electron chi connectivity index (χ1n) is 10.6. The van der Waals surface area contributed by atoms with Crippen LogP contribution in [0.2, 0.25) is 5.02 Å². The third-order valence-corrected chi connectivity index (χ3v) is 6.61. The van der Waals surface area contributed by atoms with Gasteiger partial charge in [-0.25, -0.2) is 4.98 Å². The van der Waals surface area contributed by atoms with Crippen LogP contribution in [0.15, 0.2) is 53.9 Å². The van der Waals surface area contributed by atoms with E-state index in [2.05, 4.69) is 15.2 Å². The van der Waals surface area contributed by atoms with Crippen LogP contribution in [0.1, 0.15) is 34.7 Å².